The van der Waals surface area contributed by atoms with Crippen molar-refractivity contribution in [1.82, 2.24) is 9.97 Å². The van der Waals surface area contributed by atoms with E-state index in [4.69, 9.17) is 17.3 Å². The molecule has 0 aliphatic heterocycles. The van der Waals surface area contributed by atoms with Crippen molar-refractivity contribution < 1.29 is 9.53 Å². The summed E-state index contributed by atoms with van der Waals surface area (Å²) in [4.78, 5) is 18.2. The van der Waals surface area contributed by atoms with Crippen LogP contribution in [-0.2, 0) is 9.53 Å². The fourth-order valence-corrected chi connectivity index (χ4v) is 0.873. The standard InChI is InChI=1S/C7H9ClN4O2/c1-14-5(13)3-10-6-4(9)2-11-7(8)12-6/h2H,3,9H2,1H3,(H,10,11,12). The molecule has 0 saturated carbocycles. The van der Waals surface area contributed by atoms with Crippen LogP contribution in [0, 0.1) is 0 Å². The second-order valence-corrected chi connectivity index (χ2v) is 2.71. The van der Waals surface area contributed by atoms with E-state index in [1.807, 2.05) is 0 Å². The van der Waals surface area contributed by atoms with E-state index in [1.54, 1.807) is 0 Å². The summed E-state index contributed by atoms with van der Waals surface area (Å²) < 4.78 is 4.42. The van der Waals surface area contributed by atoms with Gasteiger partial charge in [-0.15, -0.1) is 0 Å². The fraction of sp³-hybridized carbons (Fsp3) is 0.286. The Morgan fingerprint density at radius 1 is 1.79 bits per heavy atom. The minimum atomic E-state index is -0.417. The van der Waals surface area contributed by atoms with Gasteiger partial charge in [0.25, 0.3) is 0 Å². The number of methoxy groups -OCH3 is 1. The fourth-order valence-electron chi connectivity index (χ4n) is 0.739. The molecule has 0 aliphatic rings. The molecule has 0 saturated heterocycles. The third kappa shape index (κ3) is 2.74. The van der Waals surface area contributed by atoms with Crippen LogP contribution in [0.4, 0.5) is 11.5 Å². The lowest BCUT2D eigenvalue weighted by molar-refractivity contribution is -0.138. The maximum absolute atomic E-state index is 10.8. The van der Waals surface area contributed by atoms with E-state index in [-0.39, 0.29) is 11.8 Å². The Kier molecular flexibility index (Phi) is 3.47. The Bertz CT molecular complexity index is 344. The molecular weight excluding hydrogens is 208 g/mol. The normalized spacial score (nSPS) is 9.57. The summed E-state index contributed by atoms with van der Waals surface area (Å²) in [6, 6.07) is 0. The minimum absolute atomic E-state index is 0.0198. The molecule has 0 amide bonds. The smallest absolute Gasteiger partial charge is 0.325 e. The van der Waals surface area contributed by atoms with Crippen LogP contribution >= 0.6 is 11.6 Å². The average Bonchev–Trinajstić information content (AvgIpc) is 2.19. The van der Waals surface area contributed by atoms with Gasteiger partial charge in [-0.3, -0.25) is 4.79 Å². The molecule has 0 atom stereocenters. The molecule has 0 aliphatic carbocycles. The van der Waals surface area contributed by atoms with Gasteiger partial charge in [-0.05, 0) is 11.6 Å². The number of halogens is 1. The van der Waals surface area contributed by atoms with Crippen molar-refractivity contribution in [2.45, 2.75) is 0 Å². The lowest BCUT2D eigenvalue weighted by Crippen LogP contribution is -2.16. The van der Waals surface area contributed by atoms with Gasteiger partial charge in [0.1, 0.15) is 6.54 Å². The summed E-state index contributed by atoms with van der Waals surface area (Å²) in [5.41, 5.74) is 5.84. The van der Waals surface area contributed by atoms with E-state index in [2.05, 4.69) is 20.0 Å². The summed E-state index contributed by atoms with van der Waals surface area (Å²) in [6.45, 7) is -0.0198. The second kappa shape index (κ2) is 4.61. The summed E-state index contributed by atoms with van der Waals surface area (Å²) in [5.74, 6) is -0.102. The number of carbonyl (C=O) groups is 1. The van der Waals surface area contributed by atoms with Crippen molar-refractivity contribution in [2.75, 3.05) is 24.7 Å². The Balaban J connectivity index is 2.66. The zero-order valence-electron chi connectivity index (χ0n) is 7.45. The highest BCUT2D eigenvalue weighted by atomic mass is 35.5. The van der Waals surface area contributed by atoms with Crippen LogP contribution in [0.3, 0.4) is 0 Å². The Labute approximate surface area is 85.4 Å². The number of nitrogens with two attached hydrogens (primary N) is 1. The topological polar surface area (TPSA) is 90.1 Å². The van der Waals surface area contributed by atoms with Crippen molar-refractivity contribution >= 4 is 29.1 Å². The zero-order chi connectivity index (χ0) is 10.6. The lowest BCUT2D eigenvalue weighted by atomic mass is 10.5. The van der Waals surface area contributed by atoms with E-state index in [0.717, 1.165) is 0 Å². The molecular formula is C7H9ClN4O2. The third-order valence-electron chi connectivity index (χ3n) is 1.42. The molecule has 76 valence electrons. The molecule has 0 bridgehead atoms. The summed E-state index contributed by atoms with van der Waals surface area (Å²) >= 11 is 5.53. The number of hydrogen-bond acceptors (Lipinski definition) is 6. The molecule has 1 aromatic rings. The van der Waals surface area contributed by atoms with Gasteiger partial charge in [-0.1, -0.05) is 0 Å². The first kappa shape index (κ1) is 10.5. The van der Waals surface area contributed by atoms with Gasteiger partial charge in [0.05, 0.1) is 19.0 Å². The highest BCUT2D eigenvalue weighted by molar-refractivity contribution is 6.28. The number of hydrogen-bond donors (Lipinski definition) is 2. The summed E-state index contributed by atoms with van der Waals surface area (Å²) in [6.07, 6.45) is 1.36. The molecule has 0 spiro atoms. The number of rotatable bonds is 3. The highest BCUT2D eigenvalue weighted by Gasteiger charge is 2.05. The first-order valence-electron chi connectivity index (χ1n) is 3.72. The molecule has 0 radical (unpaired) electrons. The zero-order valence-corrected chi connectivity index (χ0v) is 8.21. The molecule has 0 unspecified atom stereocenters. The maximum Gasteiger partial charge on any atom is 0.325 e. The highest BCUT2D eigenvalue weighted by Crippen LogP contribution is 2.15. The molecule has 1 rings (SSSR count). The van der Waals surface area contributed by atoms with E-state index in [0.29, 0.717) is 11.5 Å². The quantitative estimate of drug-likeness (QED) is 0.558. The van der Waals surface area contributed by atoms with Crippen molar-refractivity contribution in [3.8, 4) is 0 Å². The van der Waals surface area contributed by atoms with Gasteiger partial charge in [-0.25, -0.2) is 4.98 Å². The van der Waals surface area contributed by atoms with Crippen LogP contribution in [0.15, 0.2) is 6.20 Å². The van der Waals surface area contributed by atoms with Gasteiger partial charge >= 0.3 is 5.97 Å². The Morgan fingerprint density at radius 3 is 3.14 bits per heavy atom. The number of anilines is 2. The number of aromatic nitrogens is 2. The van der Waals surface area contributed by atoms with E-state index < -0.39 is 5.97 Å². The average molecular weight is 217 g/mol. The van der Waals surface area contributed by atoms with Crippen LogP contribution in [-0.4, -0.2) is 29.6 Å². The predicted molar refractivity (Wildman–Crippen MR) is 52.0 cm³/mol. The van der Waals surface area contributed by atoms with Crippen molar-refractivity contribution in [1.29, 1.82) is 0 Å². The summed E-state index contributed by atoms with van der Waals surface area (Å²) in [7, 11) is 1.29. The maximum atomic E-state index is 10.8. The molecule has 0 aromatic carbocycles. The summed E-state index contributed by atoms with van der Waals surface area (Å²) in [5, 5.41) is 2.73. The van der Waals surface area contributed by atoms with Crippen LogP contribution < -0.4 is 11.1 Å². The van der Waals surface area contributed by atoms with Gasteiger partial charge in [0.2, 0.25) is 5.28 Å². The van der Waals surface area contributed by atoms with E-state index in [9.17, 15) is 4.79 Å². The number of ether oxygens (including phenoxy) is 1. The van der Waals surface area contributed by atoms with Gasteiger partial charge < -0.3 is 15.8 Å². The molecule has 1 aromatic heterocycles. The largest absolute Gasteiger partial charge is 0.468 e. The van der Waals surface area contributed by atoms with Crippen molar-refractivity contribution in [3.05, 3.63) is 11.5 Å². The number of esters is 1. The minimum Gasteiger partial charge on any atom is -0.468 e. The molecule has 7 heteroatoms. The second-order valence-electron chi connectivity index (χ2n) is 2.37. The molecule has 14 heavy (non-hydrogen) atoms. The number of nitrogens with one attached hydrogen (secondary N) is 1. The van der Waals surface area contributed by atoms with Gasteiger partial charge in [0.15, 0.2) is 5.82 Å². The molecule has 0 fully saturated rings. The van der Waals surface area contributed by atoms with Crippen molar-refractivity contribution in [2.24, 2.45) is 0 Å². The van der Waals surface area contributed by atoms with Gasteiger partial charge in [0, 0.05) is 0 Å². The van der Waals surface area contributed by atoms with Crippen molar-refractivity contribution in [3.63, 3.8) is 0 Å². The lowest BCUT2D eigenvalue weighted by Gasteiger charge is -2.06. The Morgan fingerprint density at radius 2 is 2.50 bits per heavy atom. The molecule has 3 N–H and O–H groups in total. The van der Waals surface area contributed by atoms with Crippen LogP contribution in [0.2, 0.25) is 5.28 Å². The number of carbonyl (C=O) groups excluding carboxylic acids is 1. The molecule has 6 nitrogen and oxygen atoms in total. The van der Waals surface area contributed by atoms with Crippen LogP contribution in [0.5, 0.6) is 0 Å². The SMILES string of the molecule is COC(=O)CNc1nc(Cl)ncc1N. The third-order valence-corrected chi connectivity index (χ3v) is 1.60. The number of nitrogens with zero attached hydrogens (tertiary/aromatic N) is 2. The van der Waals surface area contributed by atoms with E-state index >= 15 is 0 Å². The monoisotopic (exact) mass is 216 g/mol. The predicted octanol–water partition coefficient (Wildman–Crippen LogP) is 0.297. The molecule has 1 heterocycles. The first-order chi connectivity index (χ1) is 6.63. The number of nitrogen functional groups attached to an aromatic ring is 1. The van der Waals surface area contributed by atoms with E-state index in [1.165, 1.54) is 13.3 Å². The Hall–Kier alpha value is -1.56. The van der Waals surface area contributed by atoms with Crippen LogP contribution in [0.1, 0.15) is 0 Å². The van der Waals surface area contributed by atoms with Crippen LogP contribution in [0.25, 0.3) is 0 Å². The first-order valence-corrected chi connectivity index (χ1v) is 4.10. The van der Waals surface area contributed by atoms with Gasteiger partial charge in [-0.2, -0.15) is 4.98 Å².